The van der Waals surface area contributed by atoms with Crippen LogP contribution in [0.5, 0.6) is 0 Å². The highest BCUT2D eigenvalue weighted by atomic mass is 16.8. The maximum atomic E-state index is 11.7. The lowest BCUT2D eigenvalue weighted by Gasteiger charge is -2.19. The summed E-state index contributed by atoms with van der Waals surface area (Å²) in [6.07, 6.45) is -1.47. The third-order valence-corrected chi connectivity index (χ3v) is 2.98. The fraction of sp³-hybridized carbons (Fsp3) is 0.778. The molecule has 10 nitrogen and oxygen atoms in total. The van der Waals surface area contributed by atoms with Crippen LogP contribution in [0.25, 0.3) is 0 Å². The minimum Gasteiger partial charge on any atom is -0.428 e. The van der Waals surface area contributed by atoms with Crippen LogP contribution in [0.1, 0.15) is 67.2 Å². The van der Waals surface area contributed by atoms with Crippen molar-refractivity contribution in [2.45, 2.75) is 90.5 Å². The molecule has 162 valence electrons. The quantitative estimate of drug-likeness (QED) is 0.476. The van der Waals surface area contributed by atoms with E-state index >= 15 is 0 Å². The highest BCUT2D eigenvalue weighted by molar-refractivity contribution is 5.85. The van der Waals surface area contributed by atoms with Gasteiger partial charge in [0, 0.05) is 6.04 Å². The second kappa shape index (κ2) is 11.0. The standard InChI is InChI=1S/C18H32N2O8/c1-17(2,3)27-15(23)25-13(21)10-11(19)8-7-9-12(20)14(22)26-16(24)28-18(4,5)6/h11-12H,7-10,19-20H2,1-6H3. The lowest BCUT2D eigenvalue weighted by atomic mass is 10.0. The van der Waals surface area contributed by atoms with Crippen LogP contribution in [0.15, 0.2) is 0 Å². The van der Waals surface area contributed by atoms with Crippen LogP contribution in [0, 0.1) is 0 Å². The average Bonchev–Trinajstić information content (AvgIpc) is 2.41. The van der Waals surface area contributed by atoms with Crippen LogP contribution in [0.2, 0.25) is 0 Å². The van der Waals surface area contributed by atoms with E-state index in [2.05, 4.69) is 9.47 Å². The summed E-state index contributed by atoms with van der Waals surface area (Å²) in [6.45, 7) is 9.82. The maximum absolute atomic E-state index is 11.7. The van der Waals surface area contributed by atoms with Crippen molar-refractivity contribution in [1.82, 2.24) is 0 Å². The zero-order valence-electron chi connectivity index (χ0n) is 17.4. The van der Waals surface area contributed by atoms with Gasteiger partial charge in [0.25, 0.3) is 0 Å². The first-order chi connectivity index (χ1) is 12.6. The summed E-state index contributed by atoms with van der Waals surface area (Å²) in [5.74, 6) is -1.72. The smallest absolute Gasteiger partial charge is 0.428 e. The molecule has 0 rings (SSSR count). The van der Waals surface area contributed by atoms with E-state index in [9.17, 15) is 19.2 Å². The lowest BCUT2D eigenvalue weighted by Crippen LogP contribution is -2.36. The Kier molecular flexibility index (Phi) is 10.1. The Morgan fingerprint density at radius 3 is 1.71 bits per heavy atom. The van der Waals surface area contributed by atoms with Crippen LogP contribution < -0.4 is 11.5 Å². The van der Waals surface area contributed by atoms with Crippen molar-refractivity contribution in [2.24, 2.45) is 11.5 Å². The SMILES string of the molecule is CC(C)(C)OC(=O)OC(=O)CC(N)CCCC(N)C(=O)OC(=O)OC(C)(C)C. The molecule has 0 heterocycles. The number of rotatable bonds is 7. The molecule has 0 aliphatic rings. The Morgan fingerprint density at radius 1 is 0.786 bits per heavy atom. The average molecular weight is 404 g/mol. The van der Waals surface area contributed by atoms with E-state index in [1.165, 1.54) is 0 Å². The molecular formula is C18H32N2O8. The molecule has 0 aromatic rings. The lowest BCUT2D eigenvalue weighted by molar-refractivity contribution is -0.144. The molecule has 0 fully saturated rings. The number of nitrogens with two attached hydrogens (primary N) is 2. The minimum atomic E-state index is -1.12. The second-order valence-electron chi connectivity index (χ2n) is 8.33. The van der Waals surface area contributed by atoms with Crippen molar-refractivity contribution in [3.8, 4) is 0 Å². The van der Waals surface area contributed by atoms with E-state index < -0.39 is 47.5 Å². The van der Waals surface area contributed by atoms with Crippen LogP contribution in [-0.4, -0.2) is 47.5 Å². The Morgan fingerprint density at radius 2 is 1.25 bits per heavy atom. The van der Waals surface area contributed by atoms with Crippen molar-refractivity contribution >= 4 is 24.2 Å². The van der Waals surface area contributed by atoms with E-state index in [1.807, 2.05) is 0 Å². The van der Waals surface area contributed by atoms with Crippen molar-refractivity contribution in [1.29, 1.82) is 0 Å². The summed E-state index contributed by atoms with van der Waals surface area (Å²) >= 11 is 0. The Labute approximate surface area is 165 Å². The van der Waals surface area contributed by atoms with Crippen molar-refractivity contribution in [3.63, 3.8) is 0 Å². The first-order valence-electron chi connectivity index (χ1n) is 8.98. The van der Waals surface area contributed by atoms with E-state index in [0.717, 1.165) is 0 Å². The van der Waals surface area contributed by atoms with Gasteiger partial charge in [0.15, 0.2) is 0 Å². The normalized spacial score (nSPS) is 13.9. The van der Waals surface area contributed by atoms with Crippen molar-refractivity contribution in [2.75, 3.05) is 0 Å². The molecule has 4 N–H and O–H groups in total. The molecule has 28 heavy (non-hydrogen) atoms. The topological polar surface area (TPSA) is 157 Å². The molecule has 0 aliphatic heterocycles. The Hall–Kier alpha value is -2.20. The molecule has 0 spiro atoms. The van der Waals surface area contributed by atoms with Crippen LogP contribution >= 0.6 is 0 Å². The molecular weight excluding hydrogens is 372 g/mol. The van der Waals surface area contributed by atoms with Crippen LogP contribution in [0.4, 0.5) is 9.59 Å². The highest BCUT2D eigenvalue weighted by Crippen LogP contribution is 2.11. The monoisotopic (exact) mass is 404 g/mol. The zero-order valence-corrected chi connectivity index (χ0v) is 17.4. The molecule has 0 bridgehead atoms. The molecule has 0 radical (unpaired) electrons. The molecule has 0 aromatic carbocycles. The number of hydrogen-bond donors (Lipinski definition) is 2. The van der Waals surface area contributed by atoms with Gasteiger partial charge < -0.3 is 30.4 Å². The Bertz CT molecular complexity index is 563. The number of hydrogen-bond acceptors (Lipinski definition) is 10. The second-order valence-corrected chi connectivity index (χ2v) is 8.33. The summed E-state index contributed by atoms with van der Waals surface area (Å²) in [5.41, 5.74) is 9.91. The number of esters is 2. The molecule has 2 atom stereocenters. The van der Waals surface area contributed by atoms with E-state index in [0.29, 0.717) is 12.8 Å². The molecule has 10 heteroatoms. The fourth-order valence-electron chi connectivity index (χ4n) is 1.87. The van der Waals surface area contributed by atoms with E-state index in [1.54, 1.807) is 41.5 Å². The molecule has 0 saturated carbocycles. The first kappa shape index (κ1) is 25.8. The van der Waals surface area contributed by atoms with Gasteiger partial charge >= 0.3 is 24.2 Å². The predicted molar refractivity (Wildman–Crippen MR) is 99.1 cm³/mol. The van der Waals surface area contributed by atoms with Gasteiger partial charge in [0.1, 0.15) is 17.2 Å². The fourth-order valence-corrected chi connectivity index (χ4v) is 1.87. The summed E-state index contributed by atoms with van der Waals surface area (Å²) in [4.78, 5) is 46.2. The van der Waals surface area contributed by atoms with Gasteiger partial charge in [0.2, 0.25) is 0 Å². The van der Waals surface area contributed by atoms with E-state index in [-0.39, 0.29) is 12.8 Å². The molecule has 0 aromatic heterocycles. The largest absolute Gasteiger partial charge is 0.516 e. The minimum absolute atomic E-state index is 0.191. The third kappa shape index (κ3) is 13.9. The Balaban J connectivity index is 4.14. The van der Waals surface area contributed by atoms with Gasteiger partial charge in [-0.25, -0.2) is 14.4 Å². The molecule has 0 aliphatic carbocycles. The van der Waals surface area contributed by atoms with Gasteiger partial charge in [-0.05, 0) is 60.8 Å². The number of carbonyl (C=O) groups excluding carboxylic acids is 4. The van der Waals surface area contributed by atoms with Gasteiger partial charge in [-0.2, -0.15) is 0 Å². The van der Waals surface area contributed by atoms with Crippen molar-refractivity contribution < 1.29 is 38.1 Å². The highest BCUT2D eigenvalue weighted by Gasteiger charge is 2.24. The maximum Gasteiger partial charge on any atom is 0.516 e. The predicted octanol–water partition coefficient (Wildman–Crippen LogP) is 2.16. The van der Waals surface area contributed by atoms with Gasteiger partial charge in [0.05, 0.1) is 6.42 Å². The number of carbonyl (C=O) groups is 4. The summed E-state index contributed by atoms with van der Waals surface area (Å²) in [6, 6.07) is -1.63. The third-order valence-electron chi connectivity index (χ3n) is 2.98. The van der Waals surface area contributed by atoms with Gasteiger partial charge in [-0.1, -0.05) is 0 Å². The van der Waals surface area contributed by atoms with Gasteiger partial charge in [-0.3, -0.25) is 4.79 Å². The summed E-state index contributed by atoms with van der Waals surface area (Å²) in [5, 5.41) is 0. The zero-order chi connectivity index (χ0) is 22.1. The first-order valence-corrected chi connectivity index (χ1v) is 8.98. The molecule has 0 saturated heterocycles. The molecule has 2 unspecified atom stereocenters. The summed E-state index contributed by atoms with van der Waals surface area (Å²) in [7, 11) is 0. The van der Waals surface area contributed by atoms with Gasteiger partial charge in [-0.15, -0.1) is 0 Å². The van der Waals surface area contributed by atoms with Crippen LogP contribution in [0.3, 0.4) is 0 Å². The van der Waals surface area contributed by atoms with E-state index in [4.69, 9.17) is 20.9 Å². The number of ether oxygens (including phenoxy) is 4. The summed E-state index contributed by atoms with van der Waals surface area (Å²) < 4.78 is 18.8. The van der Waals surface area contributed by atoms with Crippen molar-refractivity contribution in [3.05, 3.63) is 0 Å². The molecule has 0 amide bonds. The van der Waals surface area contributed by atoms with Crippen LogP contribution in [-0.2, 0) is 28.5 Å².